The Morgan fingerprint density at radius 2 is 1.74 bits per heavy atom. The third kappa shape index (κ3) is 3.69. The first-order valence-corrected chi connectivity index (χ1v) is 13.0. The Bertz CT molecular complexity index is 1480. The van der Waals surface area contributed by atoms with E-state index in [1.165, 1.54) is 13.1 Å². The summed E-state index contributed by atoms with van der Waals surface area (Å²) in [6, 6.07) is 20.4. The van der Waals surface area contributed by atoms with Gasteiger partial charge in [-0.1, -0.05) is 48.0 Å². The van der Waals surface area contributed by atoms with Gasteiger partial charge in [0, 0.05) is 18.0 Å². The molecule has 1 amide bonds. The van der Waals surface area contributed by atoms with E-state index >= 15 is 0 Å². The zero-order chi connectivity index (χ0) is 24.2. The van der Waals surface area contributed by atoms with Gasteiger partial charge in [-0.15, -0.1) is 0 Å². The van der Waals surface area contributed by atoms with Gasteiger partial charge < -0.3 is 14.8 Å². The van der Waals surface area contributed by atoms with Crippen LogP contribution in [0.3, 0.4) is 0 Å². The highest BCUT2D eigenvalue weighted by Gasteiger charge is 2.43. The molecular weight excluding hydrogens is 464 g/mol. The molecule has 0 fully saturated rings. The van der Waals surface area contributed by atoms with E-state index < -0.39 is 15.9 Å². The predicted octanol–water partition coefficient (Wildman–Crippen LogP) is 4.04. The number of sulfonamides is 1. The number of hydrogen-bond acceptors (Lipinski definition) is 5. The molecule has 3 aromatic rings. The van der Waals surface area contributed by atoms with Crippen LogP contribution in [0.5, 0.6) is 11.5 Å². The molecule has 0 radical (unpaired) electrons. The lowest BCUT2D eigenvalue weighted by atomic mass is 9.78. The fraction of sp³-hybridized carbons (Fsp3) is 0.222. The summed E-state index contributed by atoms with van der Waals surface area (Å²) in [6.07, 6.45) is 2.51. The molecule has 0 saturated carbocycles. The Morgan fingerprint density at radius 3 is 2.57 bits per heavy atom. The van der Waals surface area contributed by atoms with Crippen LogP contribution in [0.15, 0.2) is 77.2 Å². The zero-order valence-corrected chi connectivity index (χ0v) is 19.8. The molecule has 2 aliphatic heterocycles. The lowest BCUT2D eigenvalue weighted by Crippen LogP contribution is -2.31. The molecule has 8 heteroatoms. The second-order valence-electron chi connectivity index (χ2n) is 8.95. The molecule has 3 aliphatic rings. The van der Waals surface area contributed by atoms with Crippen molar-refractivity contribution in [2.24, 2.45) is 0 Å². The summed E-state index contributed by atoms with van der Waals surface area (Å²) in [4.78, 5) is 13.4. The minimum Gasteiger partial charge on any atom is -0.486 e. The Morgan fingerprint density at radius 1 is 0.971 bits per heavy atom. The molecule has 3 atom stereocenters. The highest BCUT2D eigenvalue weighted by atomic mass is 32.2. The van der Waals surface area contributed by atoms with E-state index in [4.69, 9.17) is 9.47 Å². The largest absolute Gasteiger partial charge is 0.486 e. The van der Waals surface area contributed by atoms with Gasteiger partial charge in [-0.2, -0.15) is 0 Å². The minimum atomic E-state index is -3.65. The molecule has 0 aromatic heterocycles. The first-order valence-electron chi connectivity index (χ1n) is 11.5. The second-order valence-corrected chi connectivity index (χ2v) is 10.8. The van der Waals surface area contributed by atoms with Crippen LogP contribution in [0.2, 0.25) is 0 Å². The van der Waals surface area contributed by atoms with Gasteiger partial charge in [0.05, 0.1) is 10.8 Å². The fourth-order valence-corrected chi connectivity index (χ4v) is 6.07. The summed E-state index contributed by atoms with van der Waals surface area (Å²) in [5.41, 5.74) is 4.50. The van der Waals surface area contributed by atoms with Crippen LogP contribution >= 0.6 is 0 Å². The van der Waals surface area contributed by atoms with E-state index in [-0.39, 0.29) is 22.8 Å². The SMILES string of the molecule is CNS(=O)(=O)c1ccc2c(c1)C(C1C(CC3COc4ccccc4O3)=Cc3ccccc31)C(=O)N2. The molecular formula is C27H24N2O5S. The van der Waals surface area contributed by atoms with Gasteiger partial charge in [0.2, 0.25) is 15.9 Å². The Kier molecular flexibility index (Phi) is 5.16. The quantitative estimate of drug-likeness (QED) is 0.565. The number of carbonyl (C=O) groups is 1. The molecule has 7 nitrogen and oxygen atoms in total. The van der Waals surface area contributed by atoms with Gasteiger partial charge >= 0.3 is 0 Å². The zero-order valence-electron chi connectivity index (χ0n) is 19.0. The van der Waals surface area contributed by atoms with E-state index in [9.17, 15) is 13.2 Å². The standard InChI is InChI=1S/C27H24N2O5S/c1-28-35(31,32)19-10-11-22-21(14-19)26(27(30)29-22)25-17(12-16-6-2-3-7-20(16)25)13-18-15-33-23-8-4-5-9-24(23)34-18/h2-12,14,18,25-26,28H,13,15H2,1H3,(H,29,30). The molecule has 35 heavy (non-hydrogen) atoms. The summed E-state index contributed by atoms with van der Waals surface area (Å²) in [7, 11) is -2.27. The monoisotopic (exact) mass is 488 g/mol. The Balaban J connectivity index is 1.38. The molecule has 0 saturated heterocycles. The number of anilines is 1. The van der Waals surface area contributed by atoms with Crippen molar-refractivity contribution in [3.63, 3.8) is 0 Å². The molecule has 6 rings (SSSR count). The van der Waals surface area contributed by atoms with Crippen molar-refractivity contribution in [3.05, 3.63) is 89.0 Å². The predicted molar refractivity (Wildman–Crippen MR) is 132 cm³/mol. The topological polar surface area (TPSA) is 93.7 Å². The Labute approximate surface area is 203 Å². The maximum absolute atomic E-state index is 13.3. The molecule has 2 N–H and O–H groups in total. The number of nitrogens with one attached hydrogen (secondary N) is 2. The molecule has 3 unspecified atom stereocenters. The van der Waals surface area contributed by atoms with E-state index in [0.29, 0.717) is 30.0 Å². The highest BCUT2D eigenvalue weighted by Crippen LogP contribution is 2.51. The number of para-hydroxylation sites is 2. The van der Waals surface area contributed by atoms with Crippen molar-refractivity contribution in [1.29, 1.82) is 0 Å². The van der Waals surface area contributed by atoms with Crippen LogP contribution in [-0.2, 0) is 14.8 Å². The second kappa shape index (κ2) is 8.25. The normalized spacial score (nSPS) is 22.3. The highest BCUT2D eigenvalue weighted by molar-refractivity contribution is 7.89. The van der Waals surface area contributed by atoms with Crippen LogP contribution in [0, 0.1) is 0 Å². The van der Waals surface area contributed by atoms with Gasteiger partial charge in [0.25, 0.3) is 0 Å². The maximum atomic E-state index is 13.3. The summed E-state index contributed by atoms with van der Waals surface area (Å²) in [6.45, 7) is 0.412. The van der Waals surface area contributed by atoms with E-state index in [0.717, 1.165) is 22.4 Å². The van der Waals surface area contributed by atoms with Crippen molar-refractivity contribution in [1.82, 2.24) is 4.72 Å². The van der Waals surface area contributed by atoms with Crippen molar-refractivity contribution in [3.8, 4) is 11.5 Å². The fourth-order valence-electron chi connectivity index (χ4n) is 5.30. The van der Waals surface area contributed by atoms with Crippen LogP contribution in [0.25, 0.3) is 6.08 Å². The number of hydrogen-bond donors (Lipinski definition) is 2. The van der Waals surface area contributed by atoms with Gasteiger partial charge in [-0.25, -0.2) is 13.1 Å². The summed E-state index contributed by atoms with van der Waals surface area (Å²) < 4.78 is 39.5. The van der Waals surface area contributed by atoms with Crippen LogP contribution < -0.4 is 19.5 Å². The lowest BCUT2D eigenvalue weighted by molar-refractivity contribution is -0.117. The number of fused-ring (bicyclic) bond motifs is 3. The molecule has 178 valence electrons. The van der Waals surface area contributed by atoms with Crippen LogP contribution in [0.4, 0.5) is 5.69 Å². The first-order chi connectivity index (χ1) is 16.9. The van der Waals surface area contributed by atoms with Gasteiger partial charge in [0.1, 0.15) is 12.7 Å². The third-order valence-electron chi connectivity index (χ3n) is 6.91. The van der Waals surface area contributed by atoms with Crippen molar-refractivity contribution in [2.45, 2.75) is 29.3 Å². The summed E-state index contributed by atoms with van der Waals surface area (Å²) in [5.74, 6) is 0.510. The molecule has 3 aromatic carbocycles. The van der Waals surface area contributed by atoms with Crippen molar-refractivity contribution in [2.75, 3.05) is 19.0 Å². The third-order valence-corrected chi connectivity index (χ3v) is 8.33. The smallest absolute Gasteiger partial charge is 0.240 e. The number of ether oxygens (including phenoxy) is 2. The average molecular weight is 489 g/mol. The summed E-state index contributed by atoms with van der Waals surface area (Å²) >= 11 is 0. The first kappa shape index (κ1) is 21.9. The summed E-state index contributed by atoms with van der Waals surface area (Å²) in [5, 5.41) is 2.95. The maximum Gasteiger partial charge on any atom is 0.240 e. The number of amides is 1. The number of benzene rings is 3. The van der Waals surface area contributed by atoms with Crippen LogP contribution in [0.1, 0.15) is 34.9 Å². The molecule has 2 heterocycles. The molecule has 1 aliphatic carbocycles. The van der Waals surface area contributed by atoms with E-state index in [1.807, 2.05) is 48.5 Å². The van der Waals surface area contributed by atoms with E-state index in [1.54, 1.807) is 12.1 Å². The molecule has 0 bridgehead atoms. The number of rotatable bonds is 5. The van der Waals surface area contributed by atoms with Gasteiger partial charge in [-0.05, 0) is 54.1 Å². The Hall–Kier alpha value is -3.62. The van der Waals surface area contributed by atoms with Crippen LogP contribution in [-0.4, -0.2) is 34.1 Å². The minimum absolute atomic E-state index is 0.137. The van der Waals surface area contributed by atoms with Gasteiger partial charge in [-0.3, -0.25) is 4.79 Å². The van der Waals surface area contributed by atoms with E-state index in [2.05, 4.69) is 16.1 Å². The van der Waals surface area contributed by atoms with Crippen molar-refractivity contribution >= 4 is 27.7 Å². The molecule has 0 spiro atoms. The average Bonchev–Trinajstić information content (AvgIpc) is 3.38. The van der Waals surface area contributed by atoms with Crippen molar-refractivity contribution < 1.29 is 22.7 Å². The van der Waals surface area contributed by atoms with Gasteiger partial charge in [0.15, 0.2) is 11.5 Å². The lowest BCUT2D eigenvalue weighted by Gasteiger charge is -2.29. The number of carbonyl (C=O) groups excluding carboxylic acids is 1.